The van der Waals surface area contributed by atoms with Crippen molar-refractivity contribution in [2.45, 2.75) is 13.7 Å². The molecule has 0 aromatic carbocycles. The number of carbonyl (C=O) groups is 1. The van der Waals surface area contributed by atoms with Gasteiger partial charge >= 0.3 is 5.97 Å². The molecule has 0 bridgehead atoms. The highest BCUT2D eigenvalue weighted by molar-refractivity contribution is 5.86. The quantitative estimate of drug-likeness (QED) is 0.559. The third kappa shape index (κ3) is 2.07. The second kappa shape index (κ2) is 3.87. The summed E-state index contributed by atoms with van der Waals surface area (Å²) in [7, 11) is 0. The van der Waals surface area contributed by atoms with Gasteiger partial charge < -0.3 is 14.9 Å². The molecule has 0 fully saturated rings. The van der Waals surface area contributed by atoms with Crippen molar-refractivity contribution in [2.24, 2.45) is 0 Å². The van der Waals surface area contributed by atoms with Crippen LogP contribution in [0.15, 0.2) is 24.3 Å². The fourth-order valence-corrected chi connectivity index (χ4v) is 0.825. The summed E-state index contributed by atoms with van der Waals surface area (Å²) in [6.45, 7) is 4.66. The summed E-state index contributed by atoms with van der Waals surface area (Å²) in [5.74, 6) is -0.911. The maximum atomic E-state index is 11.0. The zero-order valence-electron chi connectivity index (χ0n) is 7.73. The molecule has 1 rings (SSSR count). The predicted molar refractivity (Wildman–Crippen MR) is 48.7 cm³/mol. The van der Waals surface area contributed by atoms with Gasteiger partial charge in [0.05, 0.1) is 0 Å². The van der Waals surface area contributed by atoms with Gasteiger partial charge in [-0.05, 0) is 6.92 Å². The highest BCUT2D eigenvalue weighted by Crippen LogP contribution is 2.20. The fourth-order valence-electron chi connectivity index (χ4n) is 0.825. The summed E-state index contributed by atoms with van der Waals surface area (Å²) in [4.78, 5) is 11.0. The van der Waals surface area contributed by atoms with E-state index in [-0.39, 0.29) is 24.1 Å². The first-order chi connectivity index (χ1) is 6.52. The number of carbonyl (C=O) groups excluding carboxylic acids is 1. The Bertz CT molecular complexity index is 347. The lowest BCUT2D eigenvalue weighted by molar-refractivity contribution is -0.142. The van der Waals surface area contributed by atoms with E-state index in [0.717, 1.165) is 4.57 Å². The highest BCUT2D eigenvalue weighted by atomic mass is 16.5. The normalized spacial score (nSPS) is 9.79. The van der Waals surface area contributed by atoms with E-state index < -0.39 is 5.97 Å². The largest absolute Gasteiger partial charge is 0.494 e. The van der Waals surface area contributed by atoms with Gasteiger partial charge in [-0.25, -0.2) is 9.36 Å². The zero-order chi connectivity index (χ0) is 10.7. The molecule has 76 valence electrons. The molecule has 0 atom stereocenters. The van der Waals surface area contributed by atoms with Gasteiger partial charge in [-0.1, -0.05) is 6.58 Å². The van der Waals surface area contributed by atoms with Crippen molar-refractivity contribution >= 4 is 5.97 Å². The Morgan fingerprint density at radius 2 is 2.00 bits per heavy atom. The third-order valence-corrected chi connectivity index (χ3v) is 1.61. The molecular formula is C9H11NO4. The molecule has 5 heteroatoms. The first kappa shape index (κ1) is 10.2. The van der Waals surface area contributed by atoms with Crippen LogP contribution in [-0.2, 0) is 16.3 Å². The van der Waals surface area contributed by atoms with Gasteiger partial charge in [0, 0.05) is 17.7 Å². The van der Waals surface area contributed by atoms with Crippen molar-refractivity contribution < 1.29 is 19.7 Å². The lowest BCUT2D eigenvalue weighted by atomic mass is 10.4. The summed E-state index contributed by atoms with van der Waals surface area (Å²) in [6.07, 6.45) is 0. The van der Waals surface area contributed by atoms with E-state index in [1.54, 1.807) is 0 Å². The second-order valence-corrected chi connectivity index (χ2v) is 2.82. The van der Waals surface area contributed by atoms with Crippen molar-refractivity contribution in [3.05, 3.63) is 24.3 Å². The van der Waals surface area contributed by atoms with E-state index >= 15 is 0 Å². The molecule has 0 saturated heterocycles. The standard InChI is InChI=1S/C9H11NO4/c1-6(2)9(13)14-5-10-7(11)3-4-8(10)12/h3-4,11-12H,1,5H2,2H3. The number of ether oxygens (including phenoxy) is 1. The molecule has 0 amide bonds. The minimum Gasteiger partial charge on any atom is -0.494 e. The van der Waals surface area contributed by atoms with E-state index in [0.29, 0.717) is 0 Å². The van der Waals surface area contributed by atoms with Gasteiger partial charge in [0.2, 0.25) is 0 Å². The van der Waals surface area contributed by atoms with Crippen molar-refractivity contribution in [1.82, 2.24) is 4.57 Å². The SMILES string of the molecule is C=C(C)C(=O)OCn1c(O)ccc1O. The molecule has 0 aliphatic heterocycles. The molecular weight excluding hydrogens is 186 g/mol. The van der Waals surface area contributed by atoms with E-state index in [4.69, 9.17) is 4.74 Å². The summed E-state index contributed by atoms with van der Waals surface area (Å²) < 4.78 is 5.76. The van der Waals surface area contributed by atoms with Gasteiger partial charge in [-0.15, -0.1) is 0 Å². The van der Waals surface area contributed by atoms with Crippen LogP contribution in [0.25, 0.3) is 0 Å². The molecule has 5 nitrogen and oxygen atoms in total. The van der Waals surface area contributed by atoms with Gasteiger partial charge in [-0.3, -0.25) is 0 Å². The maximum absolute atomic E-state index is 11.0. The smallest absolute Gasteiger partial charge is 0.334 e. The molecule has 0 aliphatic rings. The Morgan fingerprint density at radius 3 is 2.43 bits per heavy atom. The molecule has 1 aromatic rings. The van der Waals surface area contributed by atoms with Crippen LogP contribution in [0, 0.1) is 0 Å². The summed E-state index contributed by atoms with van der Waals surface area (Å²) in [5, 5.41) is 18.3. The van der Waals surface area contributed by atoms with Crippen LogP contribution in [0.1, 0.15) is 6.92 Å². The zero-order valence-corrected chi connectivity index (χ0v) is 7.73. The topological polar surface area (TPSA) is 71.7 Å². The lowest BCUT2D eigenvalue weighted by Gasteiger charge is -2.07. The molecule has 0 saturated carbocycles. The first-order valence-electron chi connectivity index (χ1n) is 3.92. The molecule has 2 N–H and O–H groups in total. The van der Waals surface area contributed by atoms with Crippen molar-refractivity contribution in [2.75, 3.05) is 0 Å². The minimum absolute atomic E-state index is 0.169. The monoisotopic (exact) mass is 197 g/mol. The molecule has 0 aliphatic carbocycles. The highest BCUT2D eigenvalue weighted by Gasteiger charge is 2.08. The van der Waals surface area contributed by atoms with E-state index in [1.807, 2.05) is 0 Å². The Labute approximate surface area is 80.8 Å². The molecule has 1 aromatic heterocycles. The lowest BCUT2D eigenvalue weighted by Crippen LogP contribution is -2.09. The van der Waals surface area contributed by atoms with Crippen LogP contribution in [0.3, 0.4) is 0 Å². The number of hydrogen-bond donors (Lipinski definition) is 2. The average Bonchev–Trinajstić information content (AvgIpc) is 2.43. The van der Waals surface area contributed by atoms with Gasteiger partial charge in [0.15, 0.2) is 18.5 Å². The average molecular weight is 197 g/mol. The van der Waals surface area contributed by atoms with E-state index in [9.17, 15) is 15.0 Å². The van der Waals surface area contributed by atoms with Crippen LogP contribution in [0.4, 0.5) is 0 Å². The molecule has 14 heavy (non-hydrogen) atoms. The molecule has 0 unspecified atom stereocenters. The summed E-state index contributed by atoms with van der Waals surface area (Å²) >= 11 is 0. The van der Waals surface area contributed by atoms with Gasteiger partial charge in [-0.2, -0.15) is 0 Å². The Kier molecular flexibility index (Phi) is 2.81. The maximum Gasteiger partial charge on any atom is 0.334 e. The summed E-state index contributed by atoms with van der Waals surface area (Å²) in [6, 6.07) is 2.59. The third-order valence-electron chi connectivity index (χ3n) is 1.61. The first-order valence-corrected chi connectivity index (χ1v) is 3.92. The van der Waals surface area contributed by atoms with Crippen molar-refractivity contribution in [3.8, 4) is 11.8 Å². The van der Waals surface area contributed by atoms with Crippen molar-refractivity contribution in [3.63, 3.8) is 0 Å². The van der Waals surface area contributed by atoms with Crippen LogP contribution in [0.5, 0.6) is 11.8 Å². The van der Waals surface area contributed by atoms with Crippen LogP contribution >= 0.6 is 0 Å². The number of nitrogens with zero attached hydrogens (tertiary/aromatic N) is 1. The number of rotatable bonds is 3. The Hall–Kier alpha value is -1.91. The second-order valence-electron chi connectivity index (χ2n) is 2.82. The Morgan fingerprint density at radius 1 is 1.50 bits per heavy atom. The number of esters is 1. The molecule has 0 spiro atoms. The van der Waals surface area contributed by atoms with E-state index in [2.05, 4.69) is 6.58 Å². The van der Waals surface area contributed by atoms with Crippen LogP contribution < -0.4 is 0 Å². The fraction of sp³-hybridized carbons (Fsp3) is 0.222. The predicted octanol–water partition coefficient (Wildman–Crippen LogP) is 0.976. The number of hydrogen-bond acceptors (Lipinski definition) is 4. The molecule has 0 radical (unpaired) electrons. The minimum atomic E-state index is -0.572. The number of aromatic hydroxyl groups is 2. The van der Waals surface area contributed by atoms with Crippen LogP contribution in [0.2, 0.25) is 0 Å². The number of aromatic nitrogens is 1. The summed E-state index contributed by atoms with van der Waals surface area (Å²) in [5.41, 5.74) is 0.260. The van der Waals surface area contributed by atoms with E-state index in [1.165, 1.54) is 19.1 Å². The van der Waals surface area contributed by atoms with Crippen molar-refractivity contribution in [1.29, 1.82) is 0 Å². The van der Waals surface area contributed by atoms with Crippen LogP contribution in [-0.4, -0.2) is 20.7 Å². The van der Waals surface area contributed by atoms with Gasteiger partial charge in [0.1, 0.15) is 0 Å². The molecule has 1 heterocycles. The van der Waals surface area contributed by atoms with Gasteiger partial charge in [0.25, 0.3) is 0 Å². The Balaban J connectivity index is 2.62.